The van der Waals surface area contributed by atoms with E-state index in [4.69, 9.17) is 10.2 Å². The average molecular weight is 243 g/mol. The van der Waals surface area contributed by atoms with Gasteiger partial charge in [-0.1, -0.05) is 30.3 Å². The molecule has 0 saturated heterocycles. The van der Waals surface area contributed by atoms with Gasteiger partial charge in [-0.05, 0) is 24.6 Å². The molecule has 0 aliphatic rings. The molecule has 0 unspecified atom stereocenters. The minimum absolute atomic E-state index is 0.0134. The third-order valence-electron chi connectivity index (χ3n) is 2.61. The number of benzene rings is 1. The predicted octanol–water partition coefficient (Wildman–Crippen LogP) is 2.45. The van der Waals surface area contributed by atoms with Gasteiger partial charge in [-0.2, -0.15) is 0 Å². The first kappa shape index (κ1) is 12.2. The smallest absolute Gasteiger partial charge is 0.189 e. The van der Waals surface area contributed by atoms with Crippen molar-refractivity contribution in [3.63, 3.8) is 0 Å². The predicted molar refractivity (Wildman–Crippen MR) is 72.0 cm³/mol. The van der Waals surface area contributed by atoms with E-state index in [0.29, 0.717) is 12.5 Å². The Labute approximate surface area is 107 Å². The van der Waals surface area contributed by atoms with Crippen molar-refractivity contribution in [2.24, 2.45) is 10.7 Å². The van der Waals surface area contributed by atoms with Crippen LogP contribution in [0.15, 0.2) is 58.1 Å². The van der Waals surface area contributed by atoms with Crippen LogP contribution in [0.5, 0.6) is 0 Å². The molecule has 0 bridgehead atoms. The van der Waals surface area contributed by atoms with E-state index in [9.17, 15) is 0 Å². The Hall–Kier alpha value is -2.23. The van der Waals surface area contributed by atoms with E-state index in [-0.39, 0.29) is 6.04 Å². The highest BCUT2D eigenvalue weighted by Gasteiger charge is 2.07. The van der Waals surface area contributed by atoms with Crippen molar-refractivity contribution in [2.45, 2.75) is 19.5 Å². The maximum atomic E-state index is 5.83. The largest absolute Gasteiger partial charge is 0.467 e. The van der Waals surface area contributed by atoms with Crippen LogP contribution >= 0.6 is 0 Å². The Morgan fingerprint density at radius 2 is 2.06 bits per heavy atom. The normalized spacial score (nSPS) is 13.3. The Morgan fingerprint density at radius 1 is 1.28 bits per heavy atom. The average Bonchev–Trinajstić information content (AvgIpc) is 2.91. The molecule has 0 saturated carbocycles. The number of nitrogens with two attached hydrogens (primary N) is 1. The summed E-state index contributed by atoms with van der Waals surface area (Å²) < 4.78 is 5.29. The fourth-order valence-electron chi connectivity index (χ4n) is 1.64. The van der Waals surface area contributed by atoms with Gasteiger partial charge in [0, 0.05) is 0 Å². The van der Waals surface area contributed by atoms with E-state index in [1.165, 1.54) is 0 Å². The van der Waals surface area contributed by atoms with E-state index in [0.717, 1.165) is 11.3 Å². The zero-order valence-electron chi connectivity index (χ0n) is 10.3. The lowest BCUT2D eigenvalue weighted by atomic mass is 10.2. The van der Waals surface area contributed by atoms with Gasteiger partial charge in [-0.25, -0.2) is 4.99 Å². The summed E-state index contributed by atoms with van der Waals surface area (Å²) >= 11 is 0. The highest BCUT2D eigenvalue weighted by atomic mass is 16.3. The molecule has 4 heteroatoms. The third kappa shape index (κ3) is 3.38. The fourth-order valence-corrected chi connectivity index (χ4v) is 1.64. The monoisotopic (exact) mass is 243 g/mol. The number of aliphatic imine (C=N–C) groups is 1. The van der Waals surface area contributed by atoms with Gasteiger partial charge in [-0.3, -0.25) is 0 Å². The zero-order chi connectivity index (χ0) is 12.8. The molecule has 0 amide bonds. The number of hydrogen-bond acceptors (Lipinski definition) is 2. The first-order valence-corrected chi connectivity index (χ1v) is 5.89. The lowest BCUT2D eigenvalue weighted by Crippen LogP contribution is -2.33. The van der Waals surface area contributed by atoms with Gasteiger partial charge in [-0.15, -0.1) is 0 Å². The number of nitrogens with zero attached hydrogens (tertiary/aromatic N) is 1. The molecular formula is C14H17N3O. The second kappa shape index (κ2) is 5.91. The molecule has 0 radical (unpaired) electrons. The summed E-state index contributed by atoms with van der Waals surface area (Å²) in [6.45, 7) is 2.55. The lowest BCUT2D eigenvalue weighted by molar-refractivity contribution is 0.462. The minimum Gasteiger partial charge on any atom is -0.467 e. The van der Waals surface area contributed by atoms with E-state index < -0.39 is 0 Å². The van der Waals surface area contributed by atoms with E-state index >= 15 is 0 Å². The van der Waals surface area contributed by atoms with Crippen LogP contribution in [0.3, 0.4) is 0 Å². The standard InChI is InChI=1S/C14H17N3O/c1-11(13-8-5-9-18-13)17-14(15)16-10-12-6-3-2-4-7-12/h2-9,11H,10H2,1H3,(H3,15,16,17)/t11-/m0/s1. The summed E-state index contributed by atoms with van der Waals surface area (Å²) in [5, 5.41) is 3.09. The molecule has 3 N–H and O–H groups in total. The maximum absolute atomic E-state index is 5.83. The van der Waals surface area contributed by atoms with Gasteiger partial charge in [0.1, 0.15) is 5.76 Å². The topological polar surface area (TPSA) is 63.5 Å². The van der Waals surface area contributed by atoms with E-state index in [1.54, 1.807) is 6.26 Å². The first-order valence-electron chi connectivity index (χ1n) is 5.89. The molecule has 2 rings (SSSR count). The number of rotatable bonds is 4. The molecule has 1 atom stereocenters. The summed E-state index contributed by atoms with van der Waals surface area (Å²) in [6, 6.07) is 13.8. The van der Waals surface area contributed by atoms with Gasteiger partial charge in [0.2, 0.25) is 0 Å². The van der Waals surface area contributed by atoms with Crippen LogP contribution in [0.25, 0.3) is 0 Å². The molecule has 0 aliphatic carbocycles. The van der Waals surface area contributed by atoms with Crippen molar-refractivity contribution in [2.75, 3.05) is 0 Å². The molecule has 0 spiro atoms. The van der Waals surface area contributed by atoms with Crippen LogP contribution in [0.2, 0.25) is 0 Å². The second-order valence-electron chi connectivity index (χ2n) is 4.07. The second-order valence-corrected chi connectivity index (χ2v) is 4.07. The zero-order valence-corrected chi connectivity index (χ0v) is 10.3. The van der Waals surface area contributed by atoms with Gasteiger partial charge < -0.3 is 15.5 Å². The summed E-state index contributed by atoms with van der Waals surface area (Å²) in [5.74, 6) is 1.26. The number of nitrogens with one attached hydrogen (secondary N) is 1. The van der Waals surface area contributed by atoms with Crippen LogP contribution in [0.4, 0.5) is 0 Å². The van der Waals surface area contributed by atoms with Gasteiger partial charge in [0.15, 0.2) is 5.96 Å². The Kier molecular flexibility index (Phi) is 4.02. The van der Waals surface area contributed by atoms with Crippen LogP contribution in [-0.4, -0.2) is 5.96 Å². The van der Waals surface area contributed by atoms with Crippen LogP contribution in [-0.2, 0) is 6.54 Å². The van der Waals surface area contributed by atoms with Crippen LogP contribution < -0.4 is 11.1 Å². The van der Waals surface area contributed by atoms with E-state index in [2.05, 4.69) is 10.3 Å². The van der Waals surface area contributed by atoms with Crippen molar-refractivity contribution < 1.29 is 4.42 Å². The highest BCUT2D eigenvalue weighted by Crippen LogP contribution is 2.11. The molecule has 1 heterocycles. The molecule has 0 aliphatic heterocycles. The third-order valence-corrected chi connectivity index (χ3v) is 2.61. The first-order chi connectivity index (χ1) is 8.75. The summed E-state index contributed by atoms with van der Waals surface area (Å²) in [6.07, 6.45) is 1.64. The maximum Gasteiger partial charge on any atom is 0.189 e. The fraction of sp³-hybridized carbons (Fsp3) is 0.214. The summed E-state index contributed by atoms with van der Waals surface area (Å²) in [5.41, 5.74) is 6.96. The Morgan fingerprint density at radius 3 is 2.72 bits per heavy atom. The van der Waals surface area contributed by atoms with Crippen molar-refractivity contribution in [1.29, 1.82) is 0 Å². The van der Waals surface area contributed by atoms with Gasteiger partial charge in [0.05, 0.1) is 18.8 Å². The number of furan rings is 1. The van der Waals surface area contributed by atoms with Crippen molar-refractivity contribution in [3.05, 3.63) is 60.1 Å². The van der Waals surface area contributed by atoms with Crippen molar-refractivity contribution in [3.8, 4) is 0 Å². The summed E-state index contributed by atoms with van der Waals surface area (Å²) in [4.78, 5) is 4.29. The van der Waals surface area contributed by atoms with Crippen molar-refractivity contribution in [1.82, 2.24) is 5.32 Å². The van der Waals surface area contributed by atoms with Gasteiger partial charge in [0.25, 0.3) is 0 Å². The molecule has 1 aromatic carbocycles. The minimum atomic E-state index is 0.0134. The molecule has 2 aromatic rings. The Bertz CT molecular complexity index is 491. The van der Waals surface area contributed by atoms with Crippen LogP contribution in [0, 0.1) is 0 Å². The molecule has 94 valence electrons. The SMILES string of the molecule is C[C@H](NC(N)=NCc1ccccc1)c1ccco1. The number of guanidine groups is 1. The quantitative estimate of drug-likeness (QED) is 0.640. The van der Waals surface area contributed by atoms with Gasteiger partial charge >= 0.3 is 0 Å². The number of hydrogen-bond donors (Lipinski definition) is 2. The van der Waals surface area contributed by atoms with E-state index in [1.807, 2.05) is 49.4 Å². The molecule has 0 fully saturated rings. The molecule has 1 aromatic heterocycles. The highest BCUT2D eigenvalue weighted by molar-refractivity contribution is 5.78. The summed E-state index contributed by atoms with van der Waals surface area (Å²) in [7, 11) is 0. The van der Waals surface area contributed by atoms with Crippen LogP contribution in [0.1, 0.15) is 24.3 Å². The lowest BCUT2D eigenvalue weighted by Gasteiger charge is -2.11. The molecular weight excluding hydrogens is 226 g/mol. The molecule has 18 heavy (non-hydrogen) atoms. The molecule has 4 nitrogen and oxygen atoms in total. The van der Waals surface area contributed by atoms with Crippen molar-refractivity contribution >= 4 is 5.96 Å². The Balaban J connectivity index is 1.90.